The van der Waals surface area contributed by atoms with E-state index in [1.165, 1.54) is 52.5 Å². The minimum atomic E-state index is 0.423. The van der Waals surface area contributed by atoms with Gasteiger partial charge in [-0.05, 0) is 64.9 Å². The van der Waals surface area contributed by atoms with Crippen molar-refractivity contribution in [3.63, 3.8) is 0 Å². The van der Waals surface area contributed by atoms with Crippen LogP contribution < -0.4 is 5.32 Å². The van der Waals surface area contributed by atoms with Crippen molar-refractivity contribution in [2.24, 2.45) is 0 Å². The van der Waals surface area contributed by atoms with E-state index in [-0.39, 0.29) is 0 Å². The molecule has 1 atom stereocenters. The number of hydrogen-bond donors (Lipinski definition) is 1. The van der Waals surface area contributed by atoms with Gasteiger partial charge in [-0.2, -0.15) is 0 Å². The van der Waals surface area contributed by atoms with Gasteiger partial charge >= 0.3 is 0 Å². The van der Waals surface area contributed by atoms with E-state index in [9.17, 15) is 0 Å². The first-order valence-corrected chi connectivity index (χ1v) is 8.14. The molecule has 3 rings (SSSR count). The molecule has 1 aliphatic rings. The number of anilines is 1. The van der Waals surface area contributed by atoms with Crippen molar-refractivity contribution in [3.8, 4) is 0 Å². The monoisotopic (exact) mass is 329 g/mol. The molecule has 0 saturated carbocycles. The van der Waals surface area contributed by atoms with Crippen molar-refractivity contribution >= 4 is 21.6 Å². The second-order valence-corrected chi connectivity index (χ2v) is 6.37. The summed E-state index contributed by atoms with van der Waals surface area (Å²) in [5.41, 5.74) is 5.45. The van der Waals surface area contributed by atoms with Gasteiger partial charge < -0.3 is 5.32 Å². The van der Waals surface area contributed by atoms with Crippen LogP contribution in [0.5, 0.6) is 0 Å². The van der Waals surface area contributed by atoms with Gasteiger partial charge in [0.1, 0.15) is 0 Å². The summed E-state index contributed by atoms with van der Waals surface area (Å²) in [4.78, 5) is 0. The van der Waals surface area contributed by atoms with Crippen molar-refractivity contribution in [1.82, 2.24) is 0 Å². The third-order valence-electron chi connectivity index (χ3n) is 4.14. The third-order valence-corrected chi connectivity index (χ3v) is 5.19. The molecule has 0 aromatic heterocycles. The molecule has 1 nitrogen and oxygen atoms in total. The van der Waals surface area contributed by atoms with Crippen LogP contribution in [0.15, 0.2) is 46.9 Å². The molecule has 1 unspecified atom stereocenters. The maximum absolute atomic E-state index is 3.74. The van der Waals surface area contributed by atoms with Gasteiger partial charge in [-0.25, -0.2) is 0 Å². The summed E-state index contributed by atoms with van der Waals surface area (Å²) in [5.74, 6) is 0. The van der Waals surface area contributed by atoms with Crippen molar-refractivity contribution in [1.29, 1.82) is 0 Å². The fourth-order valence-electron chi connectivity index (χ4n) is 3.02. The maximum atomic E-state index is 3.74. The lowest BCUT2D eigenvalue weighted by atomic mass is 9.99. The number of nitrogens with one attached hydrogen (secondary N) is 1. The van der Waals surface area contributed by atoms with Gasteiger partial charge in [-0.1, -0.05) is 42.8 Å². The summed E-state index contributed by atoms with van der Waals surface area (Å²) in [6, 6.07) is 15.7. The Kier molecular flexibility index (Phi) is 4.11. The zero-order valence-corrected chi connectivity index (χ0v) is 13.4. The van der Waals surface area contributed by atoms with E-state index in [2.05, 4.69) is 70.6 Å². The summed E-state index contributed by atoms with van der Waals surface area (Å²) in [6.07, 6.45) is 5.00. The number of benzene rings is 2. The number of fused-ring (bicyclic) bond motifs is 1. The summed E-state index contributed by atoms with van der Waals surface area (Å²) < 4.78 is 1.18. The molecule has 0 heterocycles. The Balaban J connectivity index is 1.92. The van der Waals surface area contributed by atoms with Gasteiger partial charge in [0, 0.05) is 10.2 Å². The van der Waals surface area contributed by atoms with Gasteiger partial charge in [0.15, 0.2) is 0 Å². The average molecular weight is 330 g/mol. The first-order valence-electron chi connectivity index (χ1n) is 7.35. The Labute approximate surface area is 129 Å². The molecule has 104 valence electrons. The quantitative estimate of drug-likeness (QED) is 0.703. The van der Waals surface area contributed by atoms with Gasteiger partial charge in [0.2, 0.25) is 0 Å². The van der Waals surface area contributed by atoms with E-state index < -0.39 is 0 Å². The SMILES string of the molecule is Cc1cccc(NC2CCCCc3ccccc32)c1Br. The Morgan fingerprint density at radius 3 is 2.80 bits per heavy atom. The lowest BCUT2D eigenvalue weighted by Crippen LogP contribution is -2.11. The number of rotatable bonds is 2. The molecule has 2 aromatic carbocycles. The van der Waals surface area contributed by atoms with E-state index >= 15 is 0 Å². The molecule has 1 aliphatic carbocycles. The first kappa shape index (κ1) is 13.7. The average Bonchev–Trinajstić information content (AvgIpc) is 2.67. The molecular formula is C18H20BrN. The lowest BCUT2D eigenvalue weighted by Gasteiger charge is -2.22. The molecule has 0 fully saturated rings. The van der Waals surface area contributed by atoms with Gasteiger partial charge in [-0.3, -0.25) is 0 Å². The minimum absolute atomic E-state index is 0.423. The van der Waals surface area contributed by atoms with Crippen LogP contribution in [0.3, 0.4) is 0 Å². The molecule has 0 bridgehead atoms. The summed E-state index contributed by atoms with van der Waals surface area (Å²) >= 11 is 3.70. The van der Waals surface area contributed by atoms with Crippen LogP contribution in [0.2, 0.25) is 0 Å². The summed E-state index contributed by atoms with van der Waals surface area (Å²) in [5, 5.41) is 3.74. The number of halogens is 1. The van der Waals surface area contributed by atoms with Crippen LogP contribution in [0.25, 0.3) is 0 Å². The van der Waals surface area contributed by atoms with E-state index in [0.29, 0.717) is 6.04 Å². The highest BCUT2D eigenvalue weighted by molar-refractivity contribution is 9.10. The minimum Gasteiger partial charge on any atom is -0.377 e. The number of aryl methyl sites for hydroxylation is 2. The predicted octanol–water partition coefficient (Wildman–Crippen LogP) is 5.64. The van der Waals surface area contributed by atoms with Crippen LogP contribution in [-0.4, -0.2) is 0 Å². The Bertz CT molecular complexity index is 606. The normalized spacial score (nSPS) is 18.2. The van der Waals surface area contributed by atoms with Crippen LogP contribution in [-0.2, 0) is 6.42 Å². The van der Waals surface area contributed by atoms with Crippen LogP contribution in [0.1, 0.15) is 42.0 Å². The molecule has 0 aliphatic heterocycles. The highest BCUT2D eigenvalue weighted by atomic mass is 79.9. The second kappa shape index (κ2) is 6.01. The second-order valence-electron chi connectivity index (χ2n) is 5.58. The fourth-order valence-corrected chi connectivity index (χ4v) is 3.40. The van der Waals surface area contributed by atoms with E-state index in [1.807, 2.05) is 0 Å². The predicted molar refractivity (Wildman–Crippen MR) is 89.2 cm³/mol. The molecule has 0 spiro atoms. The molecule has 20 heavy (non-hydrogen) atoms. The fraction of sp³-hybridized carbons (Fsp3) is 0.333. The van der Waals surface area contributed by atoms with Gasteiger partial charge in [0.25, 0.3) is 0 Å². The standard InChI is InChI=1S/C18H20BrN/c1-13-7-6-12-17(18(13)19)20-16-11-5-3-9-14-8-2-4-10-15(14)16/h2,4,6-8,10,12,16,20H,3,5,9,11H2,1H3. The topological polar surface area (TPSA) is 12.0 Å². The molecule has 0 radical (unpaired) electrons. The van der Waals surface area contributed by atoms with Crippen molar-refractivity contribution < 1.29 is 0 Å². The molecule has 1 N–H and O–H groups in total. The molecular weight excluding hydrogens is 310 g/mol. The first-order chi connectivity index (χ1) is 9.75. The zero-order valence-electron chi connectivity index (χ0n) is 11.8. The highest BCUT2D eigenvalue weighted by Gasteiger charge is 2.18. The smallest absolute Gasteiger partial charge is 0.0516 e. The largest absolute Gasteiger partial charge is 0.377 e. The van der Waals surface area contributed by atoms with Crippen molar-refractivity contribution in [2.75, 3.05) is 5.32 Å². The third kappa shape index (κ3) is 2.76. The Hall–Kier alpha value is -1.28. The van der Waals surface area contributed by atoms with Crippen LogP contribution in [0, 0.1) is 6.92 Å². The summed E-state index contributed by atoms with van der Waals surface area (Å²) in [6.45, 7) is 2.14. The summed E-state index contributed by atoms with van der Waals surface area (Å²) in [7, 11) is 0. The van der Waals surface area contributed by atoms with Gasteiger partial charge in [0.05, 0.1) is 6.04 Å². The Morgan fingerprint density at radius 1 is 1.05 bits per heavy atom. The van der Waals surface area contributed by atoms with E-state index in [0.717, 1.165) is 0 Å². The molecule has 0 saturated heterocycles. The Morgan fingerprint density at radius 2 is 1.90 bits per heavy atom. The highest BCUT2D eigenvalue weighted by Crippen LogP contribution is 2.34. The van der Waals surface area contributed by atoms with Gasteiger partial charge in [-0.15, -0.1) is 0 Å². The zero-order chi connectivity index (χ0) is 13.9. The maximum Gasteiger partial charge on any atom is 0.0516 e. The molecule has 2 heteroatoms. The number of hydrogen-bond acceptors (Lipinski definition) is 1. The van der Waals surface area contributed by atoms with E-state index in [1.54, 1.807) is 0 Å². The van der Waals surface area contributed by atoms with Crippen LogP contribution in [0.4, 0.5) is 5.69 Å². The van der Waals surface area contributed by atoms with Crippen molar-refractivity contribution in [3.05, 3.63) is 63.6 Å². The molecule has 0 amide bonds. The van der Waals surface area contributed by atoms with E-state index in [4.69, 9.17) is 0 Å². The lowest BCUT2D eigenvalue weighted by molar-refractivity contribution is 0.644. The molecule has 2 aromatic rings. The van der Waals surface area contributed by atoms with Crippen molar-refractivity contribution in [2.45, 2.75) is 38.6 Å². The van der Waals surface area contributed by atoms with Crippen LogP contribution >= 0.6 is 15.9 Å².